The molecule has 1 aliphatic heterocycles. The molecule has 0 spiro atoms. The van der Waals surface area contributed by atoms with Crippen LogP contribution in [0.15, 0.2) is 23.1 Å². The summed E-state index contributed by atoms with van der Waals surface area (Å²) in [6.45, 7) is 1.65. The number of rotatable bonds is 3. The van der Waals surface area contributed by atoms with Crippen LogP contribution >= 0.6 is 11.8 Å². The van der Waals surface area contributed by atoms with Crippen molar-refractivity contribution in [2.75, 3.05) is 31.3 Å². The number of piperidine rings is 1. The zero-order chi connectivity index (χ0) is 14.5. The first-order valence-corrected chi connectivity index (χ1v) is 7.97. The van der Waals surface area contributed by atoms with Gasteiger partial charge in [-0.1, -0.05) is 6.07 Å². The van der Waals surface area contributed by atoms with Crippen LogP contribution in [0.2, 0.25) is 0 Å². The van der Waals surface area contributed by atoms with Crippen LogP contribution < -0.4 is 10.2 Å². The number of amides is 1. The van der Waals surface area contributed by atoms with Crippen LogP contribution in [-0.4, -0.2) is 32.3 Å². The molecule has 2 rings (SSSR count). The Morgan fingerprint density at radius 3 is 2.70 bits per heavy atom. The average Bonchev–Trinajstić information content (AvgIpc) is 2.53. The Hall–Kier alpha value is -1.67. The van der Waals surface area contributed by atoms with Gasteiger partial charge in [-0.15, -0.1) is 11.8 Å². The van der Waals surface area contributed by atoms with Crippen LogP contribution in [0.25, 0.3) is 0 Å². The normalized spacial score (nSPS) is 15.8. The van der Waals surface area contributed by atoms with E-state index in [1.165, 1.54) is 0 Å². The number of nitrogens with one attached hydrogen (secondary N) is 1. The predicted molar refractivity (Wildman–Crippen MR) is 81.9 cm³/mol. The predicted octanol–water partition coefficient (Wildman–Crippen LogP) is 2.24. The molecule has 0 aromatic heterocycles. The second-order valence-electron chi connectivity index (χ2n) is 4.84. The third kappa shape index (κ3) is 2.91. The fraction of sp³-hybridized carbons (Fsp3) is 0.467. The smallest absolute Gasteiger partial charge is 0.222 e. The third-order valence-corrected chi connectivity index (χ3v) is 4.57. The van der Waals surface area contributed by atoms with Crippen LogP contribution in [0.5, 0.6) is 0 Å². The van der Waals surface area contributed by atoms with Gasteiger partial charge in [-0.2, -0.15) is 5.26 Å². The topological polar surface area (TPSA) is 56.1 Å². The Bertz CT molecular complexity index is 530. The van der Waals surface area contributed by atoms with Crippen molar-refractivity contribution < 1.29 is 4.79 Å². The number of thioether (sulfide) groups is 1. The largest absolute Gasteiger partial charge is 0.370 e. The Morgan fingerprint density at radius 1 is 1.45 bits per heavy atom. The fourth-order valence-electron chi connectivity index (χ4n) is 2.65. The molecular weight excluding hydrogens is 270 g/mol. The van der Waals surface area contributed by atoms with Crippen molar-refractivity contribution in [1.82, 2.24) is 5.32 Å². The van der Waals surface area contributed by atoms with Crippen LogP contribution in [-0.2, 0) is 4.79 Å². The SMILES string of the molecule is CNC(=O)C1CCN(c2cccc(SC)c2C#N)CC1. The van der Waals surface area contributed by atoms with Crippen molar-refractivity contribution in [2.24, 2.45) is 5.92 Å². The second-order valence-corrected chi connectivity index (χ2v) is 5.69. The van der Waals surface area contributed by atoms with E-state index >= 15 is 0 Å². The van der Waals surface area contributed by atoms with Gasteiger partial charge in [-0.05, 0) is 31.2 Å². The van der Waals surface area contributed by atoms with Gasteiger partial charge in [-0.25, -0.2) is 0 Å². The Labute approximate surface area is 124 Å². The zero-order valence-electron chi connectivity index (χ0n) is 11.8. The van der Waals surface area contributed by atoms with E-state index in [2.05, 4.69) is 16.3 Å². The van der Waals surface area contributed by atoms with Gasteiger partial charge in [0.05, 0.1) is 11.3 Å². The maximum Gasteiger partial charge on any atom is 0.222 e. The van der Waals surface area contributed by atoms with Gasteiger partial charge < -0.3 is 10.2 Å². The molecule has 1 aromatic carbocycles. The molecule has 0 atom stereocenters. The van der Waals surface area contributed by atoms with Crippen molar-refractivity contribution in [3.05, 3.63) is 23.8 Å². The van der Waals surface area contributed by atoms with Gasteiger partial charge in [-0.3, -0.25) is 4.79 Å². The van der Waals surface area contributed by atoms with Gasteiger partial charge in [0.2, 0.25) is 5.91 Å². The number of anilines is 1. The zero-order valence-corrected chi connectivity index (χ0v) is 12.7. The number of carbonyl (C=O) groups is 1. The van der Waals surface area contributed by atoms with Crippen molar-refractivity contribution >= 4 is 23.4 Å². The van der Waals surface area contributed by atoms with Gasteiger partial charge in [0, 0.05) is 31.0 Å². The monoisotopic (exact) mass is 289 g/mol. The number of hydrogen-bond donors (Lipinski definition) is 1. The highest BCUT2D eigenvalue weighted by molar-refractivity contribution is 7.98. The van der Waals surface area contributed by atoms with Gasteiger partial charge >= 0.3 is 0 Å². The minimum atomic E-state index is 0.102. The first-order valence-electron chi connectivity index (χ1n) is 6.75. The van der Waals surface area contributed by atoms with E-state index in [1.54, 1.807) is 18.8 Å². The first kappa shape index (κ1) is 14.7. The summed E-state index contributed by atoms with van der Waals surface area (Å²) in [4.78, 5) is 14.9. The average molecular weight is 289 g/mol. The summed E-state index contributed by atoms with van der Waals surface area (Å²) in [5.74, 6) is 0.230. The minimum absolute atomic E-state index is 0.102. The van der Waals surface area contributed by atoms with E-state index in [9.17, 15) is 10.1 Å². The summed E-state index contributed by atoms with van der Waals surface area (Å²) in [5, 5.41) is 12.1. The van der Waals surface area contributed by atoms with E-state index in [0.717, 1.165) is 42.1 Å². The maximum absolute atomic E-state index is 11.6. The Morgan fingerprint density at radius 2 is 2.15 bits per heavy atom. The number of nitriles is 1. The molecule has 1 saturated heterocycles. The fourth-order valence-corrected chi connectivity index (χ4v) is 3.22. The molecular formula is C15H19N3OS. The van der Waals surface area contributed by atoms with E-state index in [0.29, 0.717) is 0 Å². The quantitative estimate of drug-likeness (QED) is 0.867. The van der Waals surface area contributed by atoms with Crippen LogP contribution in [0.1, 0.15) is 18.4 Å². The molecule has 0 saturated carbocycles. The molecule has 0 unspecified atom stereocenters. The molecule has 1 amide bonds. The summed E-state index contributed by atoms with van der Waals surface area (Å²) in [5.41, 5.74) is 1.74. The standard InChI is InChI=1S/C15H19N3OS/c1-17-15(19)11-6-8-18(9-7-11)13-4-3-5-14(20-2)12(13)10-16/h3-5,11H,6-9H2,1-2H3,(H,17,19). The van der Waals surface area contributed by atoms with Crippen LogP contribution in [0.3, 0.4) is 0 Å². The highest BCUT2D eigenvalue weighted by atomic mass is 32.2. The number of hydrogen-bond acceptors (Lipinski definition) is 4. The molecule has 106 valence electrons. The summed E-state index contributed by atoms with van der Waals surface area (Å²) < 4.78 is 0. The van der Waals surface area contributed by atoms with Crippen molar-refractivity contribution in [3.8, 4) is 6.07 Å². The maximum atomic E-state index is 11.6. The van der Waals surface area contributed by atoms with Crippen LogP contribution in [0, 0.1) is 17.2 Å². The van der Waals surface area contributed by atoms with Gasteiger partial charge in [0.15, 0.2) is 0 Å². The number of carbonyl (C=O) groups excluding carboxylic acids is 1. The van der Waals surface area contributed by atoms with Gasteiger partial charge in [0.1, 0.15) is 6.07 Å². The Kier molecular flexibility index (Phi) is 4.91. The lowest BCUT2D eigenvalue weighted by atomic mass is 9.95. The summed E-state index contributed by atoms with van der Waals surface area (Å²) in [7, 11) is 1.68. The molecule has 0 bridgehead atoms. The minimum Gasteiger partial charge on any atom is -0.370 e. The lowest BCUT2D eigenvalue weighted by Crippen LogP contribution is -2.39. The molecule has 1 aromatic rings. The molecule has 1 aliphatic rings. The summed E-state index contributed by atoms with van der Waals surface area (Å²) in [6, 6.07) is 8.28. The Balaban J connectivity index is 2.15. The van der Waals surface area contributed by atoms with E-state index in [4.69, 9.17) is 0 Å². The third-order valence-electron chi connectivity index (χ3n) is 3.79. The molecule has 4 nitrogen and oxygen atoms in total. The second kappa shape index (κ2) is 6.67. The van der Waals surface area contributed by atoms with Crippen LogP contribution in [0.4, 0.5) is 5.69 Å². The lowest BCUT2D eigenvalue weighted by molar-refractivity contribution is -0.125. The molecule has 1 fully saturated rings. The molecule has 1 heterocycles. The lowest BCUT2D eigenvalue weighted by Gasteiger charge is -2.33. The highest BCUT2D eigenvalue weighted by Gasteiger charge is 2.25. The molecule has 1 N–H and O–H groups in total. The molecule has 5 heteroatoms. The number of nitrogens with zero attached hydrogens (tertiary/aromatic N) is 2. The first-order chi connectivity index (χ1) is 9.71. The molecule has 20 heavy (non-hydrogen) atoms. The van der Waals surface area contributed by atoms with E-state index in [1.807, 2.05) is 24.5 Å². The van der Waals surface area contributed by atoms with E-state index in [-0.39, 0.29) is 11.8 Å². The molecule has 0 radical (unpaired) electrons. The summed E-state index contributed by atoms with van der Waals surface area (Å²) >= 11 is 1.59. The number of benzene rings is 1. The van der Waals surface area contributed by atoms with Crippen molar-refractivity contribution in [2.45, 2.75) is 17.7 Å². The van der Waals surface area contributed by atoms with Crippen molar-refractivity contribution in [3.63, 3.8) is 0 Å². The van der Waals surface area contributed by atoms with E-state index < -0.39 is 0 Å². The summed E-state index contributed by atoms with van der Waals surface area (Å²) in [6.07, 6.45) is 3.67. The van der Waals surface area contributed by atoms with Gasteiger partial charge in [0.25, 0.3) is 0 Å². The highest BCUT2D eigenvalue weighted by Crippen LogP contribution is 2.31. The van der Waals surface area contributed by atoms with Crippen molar-refractivity contribution in [1.29, 1.82) is 5.26 Å². The molecule has 0 aliphatic carbocycles.